The zero-order valence-corrected chi connectivity index (χ0v) is 11.8. The molecule has 21 heavy (non-hydrogen) atoms. The van der Waals surface area contributed by atoms with Crippen LogP contribution in [0.3, 0.4) is 0 Å². The highest BCUT2D eigenvalue weighted by atomic mass is 19.4. The average Bonchev–Trinajstić information content (AvgIpc) is 2.36. The third kappa shape index (κ3) is 6.03. The highest BCUT2D eigenvalue weighted by Gasteiger charge is 2.31. The van der Waals surface area contributed by atoms with Gasteiger partial charge in [0.1, 0.15) is 5.75 Å². The molecule has 0 saturated heterocycles. The van der Waals surface area contributed by atoms with Crippen LogP contribution in [0.2, 0.25) is 0 Å². The van der Waals surface area contributed by atoms with Gasteiger partial charge in [0.2, 0.25) is 0 Å². The molecule has 0 fully saturated rings. The summed E-state index contributed by atoms with van der Waals surface area (Å²) in [5.41, 5.74) is 0.747. The fourth-order valence-electron chi connectivity index (χ4n) is 1.97. The molecule has 1 aromatic carbocycles. The summed E-state index contributed by atoms with van der Waals surface area (Å²) in [5.74, 6) is -1.65. The molecule has 0 aliphatic heterocycles. The number of nitrogens with one attached hydrogen (secondary N) is 1. The van der Waals surface area contributed by atoms with Gasteiger partial charge in [0.25, 0.3) is 0 Å². The van der Waals surface area contributed by atoms with Gasteiger partial charge in [0.15, 0.2) is 0 Å². The van der Waals surface area contributed by atoms with Crippen LogP contribution in [0.5, 0.6) is 5.75 Å². The predicted molar refractivity (Wildman–Crippen MR) is 70.8 cm³/mol. The number of hydrogen-bond donors (Lipinski definition) is 2. The molecule has 2 N–H and O–H groups in total. The van der Waals surface area contributed by atoms with Crippen molar-refractivity contribution in [1.82, 2.24) is 5.32 Å². The SMILES string of the molecule is CCC(C(=O)O)C(C)NCc1ccc(OC(F)(F)F)cc1. The first kappa shape index (κ1) is 17.3. The molecule has 0 bridgehead atoms. The van der Waals surface area contributed by atoms with Gasteiger partial charge in [-0.25, -0.2) is 0 Å². The van der Waals surface area contributed by atoms with Crippen molar-refractivity contribution in [2.45, 2.75) is 39.2 Å². The number of carboxylic acids is 1. The normalized spacial score (nSPS) is 14.5. The van der Waals surface area contributed by atoms with Crippen molar-refractivity contribution >= 4 is 5.97 Å². The summed E-state index contributed by atoms with van der Waals surface area (Å²) >= 11 is 0. The van der Waals surface area contributed by atoms with E-state index in [1.165, 1.54) is 24.3 Å². The Labute approximate surface area is 120 Å². The minimum atomic E-state index is -4.70. The maximum absolute atomic E-state index is 12.0. The number of ether oxygens (including phenoxy) is 1. The standard InChI is InChI=1S/C14H18F3NO3/c1-3-12(13(19)20)9(2)18-8-10-4-6-11(7-5-10)21-14(15,16)17/h4-7,9,12,18H,3,8H2,1-2H3,(H,19,20). The zero-order valence-electron chi connectivity index (χ0n) is 11.8. The molecule has 0 radical (unpaired) electrons. The highest BCUT2D eigenvalue weighted by Crippen LogP contribution is 2.22. The van der Waals surface area contributed by atoms with Crippen LogP contribution in [-0.4, -0.2) is 23.5 Å². The van der Waals surface area contributed by atoms with Crippen LogP contribution < -0.4 is 10.1 Å². The molecule has 0 aliphatic rings. The molecule has 7 heteroatoms. The van der Waals surface area contributed by atoms with Gasteiger partial charge in [-0.3, -0.25) is 4.79 Å². The maximum atomic E-state index is 12.0. The maximum Gasteiger partial charge on any atom is 0.573 e. The van der Waals surface area contributed by atoms with Gasteiger partial charge in [0, 0.05) is 12.6 Å². The van der Waals surface area contributed by atoms with E-state index in [9.17, 15) is 18.0 Å². The van der Waals surface area contributed by atoms with E-state index in [2.05, 4.69) is 10.1 Å². The second-order valence-corrected chi connectivity index (χ2v) is 4.71. The molecule has 0 saturated carbocycles. The monoisotopic (exact) mass is 305 g/mol. The van der Waals surface area contributed by atoms with Crippen LogP contribution >= 0.6 is 0 Å². The minimum absolute atomic E-state index is 0.237. The number of carboxylic acid groups (broad SMARTS) is 1. The fraction of sp³-hybridized carbons (Fsp3) is 0.500. The van der Waals surface area contributed by atoms with Gasteiger partial charge >= 0.3 is 12.3 Å². The van der Waals surface area contributed by atoms with E-state index in [1.54, 1.807) is 13.8 Å². The smallest absolute Gasteiger partial charge is 0.481 e. The second kappa shape index (κ2) is 7.31. The Morgan fingerprint density at radius 2 is 1.90 bits per heavy atom. The highest BCUT2D eigenvalue weighted by molar-refractivity contribution is 5.70. The third-order valence-corrected chi connectivity index (χ3v) is 3.15. The summed E-state index contributed by atoms with van der Waals surface area (Å²) in [6.45, 7) is 3.93. The van der Waals surface area contributed by atoms with Crippen LogP contribution in [0, 0.1) is 5.92 Å². The predicted octanol–water partition coefficient (Wildman–Crippen LogP) is 3.17. The molecule has 1 aromatic rings. The molecule has 0 amide bonds. The van der Waals surface area contributed by atoms with Crippen LogP contribution in [0.25, 0.3) is 0 Å². The third-order valence-electron chi connectivity index (χ3n) is 3.15. The quantitative estimate of drug-likeness (QED) is 0.812. The second-order valence-electron chi connectivity index (χ2n) is 4.71. The summed E-state index contributed by atoms with van der Waals surface area (Å²) in [6.07, 6.45) is -4.20. The van der Waals surface area contributed by atoms with Gasteiger partial charge in [-0.05, 0) is 31.0 Å². The Kier molecular flexibility index (Phi) is 6.02. The Morgan fingerprint density at radius 1 is 1.33 bits per heavy atom. The molecule has 2 atom stereocenters. The molecule has 0 aromatic heterocycles. The van der Waals surface area contributed by atoms with Crippen LogP contribution in [0.1, 0.15) is 25.8 Å². The number of carbonyl (C=O) groups is 1. The largest absolute Gasteiger partial charge is 0.573 e. The van der Waals surface area contributed by atoms with Crippen molar-refractivity contribution in [2.75, 3.05) is 0 Å². The van der Waals surface area contributed by atoms with E-state index in [1.807, 2.05) is 0 Å². The van der Waals surface area contributed by atoms with Gasteiger partial charge in [-0.1, -0.05) is 19.1 Å². The number of hydrogen-bond acceptors (Lipinski definition) is 3. The lowest BCUT2D eigenvalue weighted by Crippen LogP contribution is -2.37. The first-order valence-electron chi connectivity index (χ1n) is 6.53. The first-order chi connectivity index (χ1) is 9.73. The van der Waals surface area contributed by atoms with E-state index in [0.29, 0.717) is 13.0 Å². The number of aliphatic carboxylic acids is 1. The Bertz CT molecular complexity index is 460. The molecule has 0 aliphatic carbocycles. The molecule has 0 spiro atoms. The van der Waals surface area contributed by atoms with Crippen LogP contribution in [-0.2, 0) is 11.3 Å². The molecular formula is C14H18F3NO3. The van der Waals surface area contributed by atoms with Crippen LogP contribution in [0.15, 0.2) is 24.3 Å². The van der Waals surface area contributed by atoms with Crippen molar-refractivity contribution in [3.8, 4) is 5.75 Å². The summed E-state index contributed by atoms with van der Waals surface area (Å²) < 4.78 is 39.8. The Balaban J connectivity index is 2.55. The van der Waals surface area contributed by atoms with E-state index < -0.39 is 18.2 Å². The number of benzene rings is 1. The first-order valence-corrected chi connectivity index (χ1v) is 6.53. The average molecular weight is 305 g/mol. The minimum Gasteiger partial charge on any atom is -0.481 e. The molecule has 2 unspecified atom stereocenters. The summed E-state index contributed by atoms with van der Waals surface area (Å²) in [6, 6.07) is 5.22. The molecule has 4 nitrogen and oxygen atoms in total. The lowest BCUT2D eigenvalue weighted by molar-refractivity contribution is -0.274. The molecule has 1 rings (SSSR count). The Hall–Kier alpha value is -1.76. The van der Waals surface area contributed by atoms with E-state index >= 15 is 0 Å². The van der Waals surface area contributed by atoms with Gasteiger partial charge in [0.05, 0.1) is 5.92 Å². The molecular weight excluding hydrogens is 287 g/mol. The number of rotatable bonds is 7. The zero-order chi connectivity index (χ0) is 16.0. The van der Waals surface area contributed by atoms with Crippen molar-refractivity contribution in [1.29, 1.82) is 0 Å². The van der Waals surface area contributed by atoms with E-state index in [-0.39, 0.29) is 11.8 Å². The summed E-state index contributed by atoms with van der Waals surface area (Å²) in [7, 11) is 0. The lowest BCUT2D eigenvalue weighted by Gasteiger charge is -2.20. The van der Waals surface area contributed by atoms with Crippen molar-refractivity contribution < 1.29 is 27.8 Å². The Morgan fingerprint density at radius 3 is 2.33 bits per heavy atom. The van der Waals surface area contributed by atoms with E-state index in [0.717, 1.165) is 5.56 Å². The topological polar surface area (TPSA) is 58.6 Å². The number of alkyl halides is 3. The van der Waals surface area contributed by atoms with Gasteiger partial charge in [-0.15, -0.1) is 13.2 Å². The summed E-state index contributed by atoms with van der Waals surface area (Å²) in [5, 5.41) is 12.1. The summed E-state index contributed by atoms with van der Waals surface area (Å²) in [4.78, 5) is 11.0. The van der Waals surface area contributed by atoms with Crippen molar-refractivity contribution in [3.63, 3.8) is 0 Å². The lowest BCUT2D eigenvalue weighted by atomic mass is 9.98. The van der Waals surface area contributed by atoms with E-state index in [4.69, 9.17) is 5.11 Å². The molecule has 0 heterocycles. The van der Waals surface area contributed by atoms with Crippen molar-refractivity contribution in [3.05, 3.63) is 29.8 Å². The van der Waals surface area contributed by atoms with Gasteiger partial charge in [-0.2, -0.15) is 0 Å². The molecule has 118 valence electrons. The number of halogens is 3. The van der Waals surface area contributed by atoms with Crippen molar-refractivity contribution in [2.24, 2.45) is 5.92 Å². The van der Waals surface area contributed by atoms with Gasteiger partial charge < -0.3 is 15.2 Å². The fourth-order valence-corrected chi connectivity index (χ4v) is 1.97. The van der Waals surface area contributed by atoms with Crippen LogP contribution in [0.4, 0.5) is 13.2 Å².